The molecule has 2 aromatic rings. The number of hydrogen-bond donors (Lipinski definition) is 2. The molecule has 6 heteroatoms. The van der Waals surface area contributed by atoms with E-state index in [2.05, 4.69) is 10.0 Å². The summed E-state index contributed by atoms with van der Waals surface area (Å²) in [6.07, 6.45) is 1.57. The molecule has 0 aromatic heterocycles. The summed E-state index contributed by atoms with van der Waals surface area (Å²) in [6, 6.07) is 18.1. The van der Waals surface area contributed by atoms with E-state index in [0.29, 0.717) is 5.69 Å². The van der Waals surface area contributed by atoms with E-state index in [4.69, 9.17) is 0 Å². The van der Waals surface area contributed by atoms with Crippen LogP contribution in [0.4, 0.5) is 5.69 Å². The molecule has 0 unspecified atom stereocenters. The molecule has 0 spiro atoms. The summed E-state index contributed by atoms with van der Waals surface area (Å²) in [5.41, 5.74) is 1.48. The Morgan fingerprint density at radius 2 is 1.57 bits per heavy atom. The maximum Gasteiger partial charge on any atom is 0.233 e. The number of carbonyl (C=O) groups excluding carboxylic acids is 1. The summed E-state index contributed by atoms with van der Waals surface area (Å²) in [7, 11) is -3.56. The van der Waals surface area contributed by atoms with E-state index in [1.54, 1.807) is 24.3 Å². The second-order valence-electron chi connectivity index (χ2n) is 4.82. The third-order valence-electron chi connectivity index (χ3n) is 2.95. The molecule has 5 nitrogen and oxygen atoms in total. The predicted octanol–water partition coefficient (Wildman–Crippen LogP) is 2.61. The van der Waals surface area contributed by atoms with Crippen LogP contribution in [0.3, 0.4) is 0 Å². The molecule has 0 aliphatic rings. The van der Waals surface area contributed by atoms with Gasteiger partial charge in [0.05, 0.1) is 0 Å². The number of carbonyl (C=O) groups is 1. The summed E-state index contributed by atoms with van der Waals surface area (Å²) in [5, 5.41) is 3.79. The van der Waals surface area contributed by atoms with Gasteiger partial charge in [-0.3, -0.25) is 4.79 Å². The van der Waals surface area contributed by atoms with Crippen molar-refractivity contribution in [2.24, 2.45) is 0 Å². The fourth-order valence-corrected chi connectivity index (χ4v) is 2.65. The van der Waals surface area contributed by atoms with Gasteiger partial charge in [0.1, 0.15) is 0 Å². The molecule has 0 aliphatic carbocycles. The van der Waals surface area contributed by atoms with Crippen LogP contribution in [0.1, 0.15) is 12.0 Å². The van der Waals surface area contributed by atoms with Gasteiger partial charge in [0.15, 0.2) is 0 Å². The van der Waals surface area contributed by atoms with Crippen LogP contribution in [0.2, 0.25) is 0 Å². The predicted molar refractivity (Wildman–Crippen MR) is 92.1 cm³/mol. The number of benzene rings is 2. The summed E-state index contributed by atoms with van der Waals surface area (Å²) < 4.78 is 26.0. The Balaban J connectivity index is 1.78. The van der Waals surface area contributed by atoms with Gasteiger partial charge in [-0.05, 0) is 23.8 Å². The van der Waals surface area contributed by atoms with Crippen LogP contribution in [0, 0.1) is 0 Å². The lowest BCUT2D eigenvalue weighted by Crippen LogP contribution is -2.26. The first-order chi connectivity index (χ1) is 11.1. The quantitative estimate of drug-likeness (QED) is 0.819. The van der Waals surface area contributed by atoms with Gasteiger partial charge < -0.3 is 5.32 Å². The molecule has 2 N–H and O–H groups in total. The fraction of sp³-hybridized carbons (Fsp3) is 0.118. The topological polar surface area (TPSA) is 75.3 Å². The molecule has 0 radical (unpaired) electrons. The third-order valence-corrected chi connectivity index (χ3v) is 4.05. The van der Waals surface area contributed by atoms with Crippen LogP contribution in [0.5, 0.6) is 0 Å². The first kappa shape index (κ1) is 16.9. The fourth-order valence-electron chi connectivity index (χ4n) is 1.83. The molecular weight excluding hydrogens is 312 g/mol. The summed E-state index contributed by atoms with van der Waals surface area (Å²) in [4.78, 5) is 11.7. The Labute approximate surface area is 136 Å². The normalized spacial score (nSPS) is 11.5. The Morgan fingerprint density at radius 1 is 0.957 bits per heavy atom. The van der Waals surface area contributed by atoms with Crippen LogP contribution in [-0.4, -0.2) is 20.9 Å². The molecule has 2 aromatic carbocycles. The van der Waals surface area contributed by atoms with E-state index in [-0.39, 0.29) is 18.9 Å². The second-order valence-corrected chi connectivity index (χ2v) is 6.47. The van der Waals surface area contributed by atoms with Crippen LogP contribution < -0.4 is 10.0 Å². The highest BCUT2D eigenvalue weighted by atomic mass is 32.2. The van der Waals surface area contributed by atoms with Crippen LogP contribution in [0.15, 0.2) is 66.1 Å². The van der Waals surface area contributed by atoms with Crippen molar-refractivity contribution in [3.05, 3.63) is 71.6 Å². The number of para-hydroxylation sites is 1. The minimum atomic E-state index is -3.56. The van der Waals surface area contributed by atoms with Gasteiger partial charge in [0.25, 0.3) is 0 Å². The molecule has 2 rings (SSSR count). The molecule has 0 saturated carbocycles. The lowest BCUT2D eigenvalue weighted by Gasteiger charge is -2.05. The number of amides is 1. The van der Waals surface area contributed by atoms with E-state index in [1.165, 1.54) is 6.08 Å². The van der Waals surface area contributed by atoms with E-state index in [9.17, 15) is 13.2 Å². The number of sulfonamides is 1. The average Bonchev–Trinajstić information content (AvgIpc) is 2.55. The van der Waals surface area contributed by atoms with Crippen molar-refractivity contribution in [1.29, 1.82) is 0 Å². The number of nitrogens with one attached hydrogen (secondary N) is 2. The monoisotopic (exact) mass is 330 g/mol. The zero-order valence-electron chi connectivity index (χ0n) is 12.5. The molecule has 0 aliphatic heterocycles. The Kier molecular flexibility index (Phi) is 6.08. The Bertz CT molecular complexity index is 757. The molecule has 1 amide bonds. The van der Waals surface area contributed by atoms with Gasteiger partial charge in [0.2, 0.25) is 15.9 Å². The number of anilines is 1. The molecule has 120 valence electrons. The summed E-state index contributed by atoms with van der Waals surface area (Å²) >= 11 is 0. The SMILES string of the molecule is O=C(CCNS(=O)(=O)/C=C/c1ccccc1)Nc1ccccc1. The van der Waals surface area contributed by atoms with Crippen molar-refractivity contribution in [2.75, 3.05) is 11.9 Å². The van der Waals surface area contributed by atoms with Crippen LogP contribution >= 0.6 is 0 Å². The van der Waals surface area contributed by atoms with Crippen molar-refractivity contribution in [3.63, 3.8) is 0 Å². The van der Waals surface area contributed by atoms with Gasteiger partial charge in [-0.2, -0.15) is 0 Å². The van der Waals surface area contributed by atoms with Gasteiger partial charge in [-0.1, -0.05) is 48.5 Å². The molecular formula is C17H18N2O3S. The van der Waals surface area contributed by atoms with Gasteiger partial charge in [-0.25, -0.2) is 13.1 Å². The van der Waals surface area contributed by atoms with Crippen molar-refractivity contribution in [1.82, 2.24) is 4.72 Å². The minimum Gasteiger partial charge on any atom is -0.326 e. The maximum atomic E-state index is 11.8. The molecule has 0 atom stereocenters. The van der Waals surface area contributed by atoms with Gasteiger partial charge >= 0.3 is 0 Å². The largest absolute Gasteiger partial charge is 0.326 e. The zero-order chi connectivity index (χ0) is 16.5. The van der Waals surface area contributed by atoms with Crippen LogP contribution in [-0.2, 0) is 14.8 Å². The average molecular weight is 330 g/mol. The lowest BCUT2D eigenvalue weighted by atomic mass is 10.2. The number of rotatable bonds is 7. The van der Waals surface area contributed by atoms with Crippen LogP contribution in [0.25, 0.3) is 6.08 Å². The molecule has 0 saturated heterocycles. The van der Waals surface area contributed by atoms with Crippen molar-refractivity contribution >= 4 is 27.7 Å². The zero-order valence-corrected chi connectivity index (χ0v) is 13.3. The molecule has 0 bridgehead atoms. The van der Waals surface area contributed by atoms with Gasteiger partial charge in [0, 0.05) is 24.1 Å². The summed E-state index contributed by atoms with van der Waals surface area (Å²) in [6.45, 7) is 0.0418. The highest BCUT2D eigenvalue weighted by Gasteiger charge is 2.07. The van der Waals surface area contributed by atoms with Gasteiger partial charge in [-0.15, -0.1) is 0 Å². The van der Waals surface area contributed by atoms with E-state index in [1.807, 2.05) is 36.4 Å². The third kappa shape index (κ3) is 6.46. The molecule has 23 heavy (non-hydrogen) atoms. The minimum absolute atomic E-state index is 0.0418. The molecule has 0 heterocycles. The van der Waals surface area contributed by atoms with Crippen molar-refractivity contribution in [3.8, 4) is 0 Å². The smallest absolute Gasteiger partial charge is 0.233 e. The number of hydrogen-bond acceptors (Lipinski definition) is 3. The Morgan fingerprint density at radius 3 is 2.22 bits per heavy atom. The van der Waals surface area contributed by atoms with E-state index < -0.39 is 10.0 Å². The second kappa shape index (κ2) is 8.26. The lowest BCUT2D eigenvalue weighted by molar-refractivity contribution is -0.116. The van der Waals surface area contributed by atoms with Crippen molar-refractivity contribution < 1.29 is 13.2 Å². The Hall–Kier alpha value is -2.44. The highest BCUT2D eigenvalue weighted by Crippen LogP contribution is 2.05. The first-order valence-electron chi connectivity index (χ1n) is 7.13. The van der Waals surface area contributed by atoms with Crippen molar-refractivity contribution in [2.45, 2.75) is 6.42 Å². The van der Waals surface area contributed by atoms with E-state index in [0.717, 1.165) is 11.0 Å². The summed E-state index contributed by atoms with van der Waals surface area (Å²) in [5.74, 6) is -0.245. The molecule has 0 fully saturated rings. The first-order valence-corrected chi connectivity index (χ1v) is 8.67. The maximum absolute atomic E-state index is 11.8. The highest BCUT2D eigenvalue weighted by molar-refractivity contribution is 7.92. The van der Waals surface area contributed by atoms with E-state index >= 15 is 0 Å². The standard InChI is InChI=1S/C17H18N2O3S/c20-17(19-16-9-5-2-6-10-16)11-13-18-23(21,22)14-12-15-7-3-1-4-8-15/h1-10,12,14,18H,11,13H2,(H,19,20)/b14-12+.